The van der Waals surface area contributed by atoms with Gasteiger partial charge >= 0.3 is 5.97 Å². The highest BCUT2D eigenvalue weighted by Gasteiger charge is 1.85. The molecule has 0 saturated heterocycles. The van der Waals surface area contributed by atoms with Gasteiger partial charge in [-0.05, 0) is 10.8 Å². The van der Waals surface area contributed by atoms with E-state index in [9.17, 15) is 4.79 Å². The van der Waals surface area contributed by atoms with E-state index >= 15 is 0 Å². The van der Waals surface area contributed by atoms with Gasteiger partial charge in [-0.25, -0.2) is 0 Å². The van der Waals surface area contributed by atoms with Gasteiger partial charge in [0.1, 0.15) is 0 Å². The summed E-state index contributed by atoms with van der Waals surface area (Å²) in [6.45, 7) is 0. The Morgan fingerprint density at radius 1 is 1.00 bits per heavy atom. The minimum atomic E-state index is -0.881. The molecule has 1 N–H and O–H groups in total. The number of rotatable bonds is 1. The van der Waals surface area contributed by atoms with Gasteiger partial charge in [-0.1, -0.05) is 48.5 Å². The summed E-state index contributed by atoms with van der Waals surface area (Å²) in [4.78, 5) is 9.29. The molecule has 78 valence electrons. The summed E-state index contributed by atoms with van der Waals surface area (Å²) in [6, 6.07) is 16.7. The zero-order valence-corrected chi connectivity index (χ0v) is 9.02. The summed E-state index contributed by atoms with van der Waals surface area (Å²) in [5.41, 5.74) is 0. The van der Waals surface area contributed by atoms with Crippen molar-refractivity contribution in [1.82, 2.24) is 0 Å². The lowest BCUT2D eigenvalue weighted by atomic mass is 10.1. The first-order chi connectivity index (χ1) is 7.24. The minimum Gasteiger partial charge on any atom is -0.481 e. The van der Waals surface area contributed by atoms with E-state index in [4.69, 9.17) is 5.11 Å². The summed E-state index contributed by atoms with van der Waals surface area (Å²) in [5.74, 6) is -0.965. The van der Waals surface area contributed by atoms with Gasteiger partial charge in [-0.2, -0.15) is 12.6 Å². The molecule has 0 heterocycles. The van der Waals surface area contributed by atoms with Gasteiger partial charge in [0.25, 0.3) is 0 Å². The molecule has 0 aromatic heterocycles. The van der Waals surface area contributed by atoms with Crippen LogP contribution in [0.5, 0.6) is 0 Å². The zero-order valence-electron chi connectivity index (χ0n) is 8.13. The van der Waals surface area contributed by atoms with E-state index in [1.807, 2.05) is 0 Å². The molecule has 0 saturated carbocycles. The van der Waals surface area contributed by atoms with Crippen LogP contribution in [-0.2, 0) is 4.79 Å². The number of fused-ring (bicyclic) bond motifs is 1. The van der Waals surface area contributed by atoms with E-state index in [0.717, 1.165) is 0 Å². The number of carbonyl (C=O) groups is 1. The van der Waals surface area contributed by atoms with Crippen LogP contribution in [0, 0.1) is 0 Å². The Kier molecular flexibility index (Phi) is 4.71. The van der Waals surface area contributed by atoms with E-state index in [2.05, 4.69) is 61.2 Å². The third-order valence-electron chi connectivity index (χ3n) is 1.79. The number of hydrogen-bond donors (Lipinski definition) is 2. The van der Waals surface area contributed by atoms with Crippen molar-refractivity contribution in [1.29, 1.82) is 0 Å². The van der Waals surface area contributed by atoms with Crippen LogP contribution >= 0.6 is 12.6 Å². The fourth-order valence-electron chi connectivity index (χ4n) is 1.13. The summed E-state index contributed by atoms with van der Waals surface area (Å²) in [5, 5.41) is 10.3. The fourth-order valence-corrected chi connectivity index (χ4v) is 1.13. The van der Waals surface area contributed by atoms with Crippen LogP contribution in [0.1, 0.15) is 0 Å². The van der Waals surface area contributed by atoms with E-state index in [0.29, 0.717) is 0 Å². The summed E-state index contributed by atoms with van der Waals surface area (Å²) >= 11 is 3.42. The van der Waals surface area contributed by atoms with Crippen molar-refractivity contribution in [3.05, 3.63) is 48.5 Å². The largest absolute Gasteiger partial charge is 0.481 e. The molecule has 0 atom stereocenters. The predicted octanol–water partition coefficient (Wildman–Crippen LogP) is 2.84. The van der Waals surface area contributed by atoms with E-state index in [1.54, 1.807) is 0 Å². The molecule has 3 heteroatoms. The highest BCUT2D eigenvalue weighted by Crippen LogP contribution is 2.11. The molecular formula is C12H12O2S. The molecule has 2 rings (SSSR count). The average Bonchev–Trinajstić information content (AvgIpc) is 2.30. The molecule has 15 heavy (non-hydrogen) atoms. The van der Waals surface area contributed by atoms with Crippen molar-refractivity contribution in [2.24, 2.45) is 0 Å². The quantitative estimate of drug-likeness (QED) is 0.725. The Labute approximate surface area is 94.0 Å². The number of hydrogen-bond acceptors (Lipinski definition) is 2. The lowest BCUT2D eigenvalue weighted by Crippen LogP contribution is -1.92. The Hall–Kier alpha value is -1.48. The Morgan fingerprint density at radius 2 is 1.27 bits per heavy atom. The monoisotopic (exact) mass is 220 g/mol. The van der Waals surface area contributed by atoms with Crippen LogP contribution in [-0.4, -0.2) is 16.8 Å². The molecule has 0 unspecified atom stereocenters. The maximum absolute atomic E-state index is 9.29. The van der Waals surface area contributed by atoms with E-state index in [1.165, 1.54) is 10.8 Å². The van der Waals surface area contributed by atoms with Gasteiger partial charge < -0.3 is 5.11 Å². The van der Waals surface area contributed by atoms with Gasteiger partial charge in [0.2, 0.25) is 0 Å². The molecule has 2 aromatic carbocycles. The molecule has 0 bridgehead atoms. The minimum absolute atomic E-state index is 0.0833. The van der Waals surface area contributed by atoms with Crippen molar-refractivity contribution in [2.45, 2.75) is 0 Å². The second-order valence-corrected chi connectivity index (χ2v) is 3.22. The molecular weight excluding hydrogens is 208 g/mol. The number of aliphatic carboxylic acids is 1. The van der Waals surface area contributed by atoms with Gasteiger partial charge in [-0.3, -0.25) is 4.79 Å². The van der Waals surface area contributed by atoms with Crippen LogP contribution < -0.4 is 0 Å². The summed E-state index contributed by atoms with van der Waals surface area (Å²) < 4.78 is 0. The topological polar surface area (TPSA) is 37.3 Å². The van der Waals surface area contributed by atoms with E-state index < -0.39 is 5.97 Å². The average molecular weight is 220 g/mol. The molecule has 0 aliphatic carbocycles. The Morgan fingerprint density at radius 3 is 1.47 bits per heavy atom. The standard InChI is InChI=1S/C10H8.C2H4O2S/c1-2-6-10-8-4-3-7-9(10)5-1;3-2(4)1-5/h1-8H;5H,1H2,(H,3,4). The third-order valence-corrected chi connectivity index (χ3v) is 2.06. The highest BCUT2D eigenvalue weighted by atomic mass is 32.1. The highest BCUT2D eigenvalue weighted by molar-refractivity contribution is 7.81. The van der Waals surface area contributed by atoms with Crippen LogP contribution in [0.15, 0.2) is 48.5 Å². The van der Waals surface area contributed by atoms with Crippen molar-refractivity contribution in [3.8, 4) is 0 Å². The van der Waals surface area contributed by atoms with Gasteiger partial charge in [0.05, 0.1) is 5.75 Å². The number of carboxylic acid groups (broad SMARTS) is 1. The molecule has 0 aliphatic rings. The van der Waals surface area contributed by atoms with Crippen molar-refractivity contribution < 1.29 is 9.90 Å². The number of carboxylic acids is 1. The van der Waals surface area contributed by atoms with Gasteiger partial charge in [0, 0.05) is 0 Å². The van der Waals surface area contributed by atoms with Crippen molar-refractivity contribution in [3.63, 3.8) is 0 Å². The number of benzene rings is 2. The van der Waals surface area contributed by atoms with Gasteiger partial charge in [-0.15, -0.1) is 0 Å². The molecule has 0 fully saturated rings. The predicted molar refractivity (Wildman–Crippen MR) is 65.4 cm³/mol. The van der Waals surface area contributed by atoms with Crippen molar-refractivity contribution >= 4 is 29.4 Å². The first-order valence-corrected chi connectivity index (χ1v) is 5.13. The second kappa shape index (κ2) is 6.09. The summed E-state index contributed by atoms with van der Waals surface area (Å²) in [6.07, 6.45) is 0. The van der Waals surface area contributed by atoms with Crippen LogP contribution in [0.3, 0.4) is 0 Å². The Balaban J connectivity index is 0.000000195. The molecule has 2 aromatic rings. The first-order valence-electron chi connectivity index (χ1n) is 4.50. The normalized spacial score (nSPS) is 9.13. The summed E-state index contributed by atoms with van der Waals surface area (Å²) in [7, 11) is 0. The third kappa shape index (κ3) is 4.04. The SMILES string of the molecule is O=C(O)CS.c1ccc2ccccc2c1. The smallest absolute Gasteiger partial charge is 0.313 e. The molecule has 0 amide bonds. The van der Waals surface area contributed by atoms with E-state index in [-0.39, 0.29) is 5.75 Å². The van der Waals surface area contributed by atoms with Crippen LogP contribution in [0.4, 0.5) is 0 Å². The molecule has 0 radical (unpaired) electrons. The Bertz CT molecular complexity index is 375. The maximum atomic E-state index is 9.29. The fraction of sp³-hybridized carbons (Fsp3) is 0.0833. The van der Waals surface area contributed by atoms with Gasteiger partial charge in [0.15, 0.2) is 0 Å². The van der Waals surface area contributed by atoms with Crippen LogP contribution in [0.25, 0.3) is 10.8 Å². The molecule has 0 aliphatic heterocycles. The lowest BCUT2D eigenvalue weighted by molar-refractivity contribution is -0.133. The zero-order chi connectivity index (χ0) is 11.1. The first kappa shape index (κ1) is 11.6. The molecule has 0 spiro atoms. The second-order valence-electron chi connectivity index (χ2n) is 2.90. The maximum Gasteiger partial charge on any atom is 0.313 e. The van der Waals surface area contributed by atoms with Crippen molar-refractivity contribution in [2.75, 3.05) is 5.75 Å². The van der Waals surface area contributed by atoms with Crippen LogP contribution in [0.2, 0.25) is 0 Å². The number of thiol groups is 1. The molecule has 2 nitrogen and oxygen atoms in total. The lowest BCUT2D eigenvalue weighted by Gasteiger charge is -1.92.